The van der Waals surface area contributed by atoms with Gasteiger partial charge in [0.1, 0.15) is 0 Å². The summed E-state index contributed by atoms with van der Waals surface area (Å²) in [5.74, 6) is 0. The normalized spacial score (nSPS) is 12.4. The van der Waals surface area contributed by atoms with Crippen molar-refractivity contribution in [1.29, 1.82) is 0 Å². The third kappa shape index (κ3) is 3.45. The molecule has 1 heterocycles. The zero-order chi connectivity index (χ0) is 14.5. The number of hydrogen-bond acceptors (Lipinski definition) is 2. The summed E-state index contributed by atoms with van der Waals surface area (Å²) < 4.78 is 0. The van der Waals surface area contributed by atoms with Crippen LogP contribution in [0, 0.1) is 20.8 Å². The minimum atomic E-state index is 0.176. The monoisotopic (exact) mass is 268 g/mol. The van der Waals surface area contributed by atoms with E-state index in [-0.39, 0.29) is 6.04 Å². The minimum absolute atomic E-state index is 0.176. The second-order valence-corrected chi connectivity index (χ2v) is 5.51. The van der Waals surface area contributed by atoms with Crippen LogP contribution in [0.1, 0.15) is 47.3 Å². The van der Waals surface area contributed by atoms with Gasteiger partial charge < -0.3 is 5.32 Å². The molecule has 0 bridgehead atoms. The third-order valence-corrected chi connectivity index (χ3v) is 3.58. The molecule has 20 heavy (non-hydrogen) atoms. The van der Waals surface area contributed by atoms with Gasteiger partial charge in [0.25, 0.3) is 0 Å². The molecule has 0 fully saturated rings. The van der Waals surface area contributed by atoms with E-state index in [1.165, 1.54) is 22.3 Å². The first-order valence-corrected chi connectivity index (χ1v) is 7.35. The van der Waals surface area contributed by atoms with E-state index in [4.69, 9.17) is 0 Å². The zero-order valence-corrected chi connectivity index (χ0v) is 12.9. The van der Waals surface area contributed by atoms with Crippen LogP contribution in [-0.4, -0.2) is 11.5 Å². The Morgan fingerprint density at radius 3 is 2.50 bits per heavy atom. The van der Waals surface area contributed by atoms with Crippen molar-refractivity contribution >= 4 is 0 Å². The van der Waals surface area contributed by atoms with Crippen molar-refractivity contribution in [1.82, 2.24) is 10.3 Å². The highest BCUT2D eigenvalue weighted by atomic mass is 14.9. The van der Waals surface area contributed by atoms with Crippen molar-refractivity contribution in [2.24, 2.45) is 0 Å². The van der Waals surface area contributed by atoms with Crippen molar-refractivity contribution in [2.45, 2.75) is 40.2 Å². The largest absolute Gasteiger partial charge is 0.305 e. The lowest BCUT2D eigenvalue weighted by atomic mass is 9.95. The maximum atomic E-state index is 4.58. The predicted molar refractivity (Wildman–Crippen MR) is 85.0 cm³/mol. The predicted octanol–water partition coefficient (Wildman–Crippen LogP) is 4.10. The first-order chi connectivity index (χ1) is 9.61. The van der Waals surface area contributed by atoms with E-state index >= 15 is 0 Å². The summed E-state index contributed by atoms with van der Waals surface area (Å²) in [6, 6.07) is 11.0. The van der Waals surface area contributed by atoms with Crippen LogP contribution < -0.4 is 5.32 Å². The SMILES string of the molecule is CCCNC(c1cc(C)ccn1)c1cc(C)ccc1C. The molecule has 2 heteroatoms. The molecular formula is C18H24N2. The number of aryl methyl sites for hydroxylation is 3. The molecule has 0 amide bonds. The van der Waals surface area contributed by atoms with Gasteiger partial charge in [-0.05, 0) is 62.6 Å². The van der Waals surface area contributed by atoms with Crippen molar-refractivity contribution in [3.8, 4) is 0 Å². The maximum absolute atomic E-state index is 4.58. The van der Waals surface area contributed by atoms with E-state index in [0.717, 1.165) is 18.7 Å². The van der Waals surface area contributed by atoms with Gasteiger partial charge in [-0.3, -0.25) is 4.98 Å². The zero-order valence-electron chi connectivity index (χ0n) is 12.9. The van der Waals surface area contributed by atoms with Gasteiger partial charge in [0.05, 0.1) is 11.7 Å². The quantitative estimate of drug-likeness (QED) is 0.883. The van der Waals surface area contributed by atoms with Crippen LogP contribution in [0.3, 0.4) is 0 Å². The highest BCUT2D eigenvalue weighted by molar-refractivity contribution is 5.37. The highest BCUT2D eigenvalue weighted by Crippen LogP contribution is 2.25. The Morgan fingerprint density at radius 1 is 1.05 bits per heavy atom. The number of aromatic nitrogens is 1. The minimum Gasteiger partial charge on any atom is -0.305 e. The maximum Gasteiger partial charge on any atom is 0.0754 e. The van der Waals surface area contributed by atoms with Gasteiger partial charge in [-0.15, -0.1) is 0 Å². The Hall–Kier alpha value is -1.67. The van der Waals surface area contributed by atoms with Gasteiger partial charge in [0.15, 0.2) is 0 Å². The van der Waals surface area contributed by atoms with Crippen molar-refractivity contribution in [2.75, 3.05) is 6.54 Å². The molecular weight excluding hydrogens is 244 g/mol. The lowest BCUT2D eigenvalue weighted by molar-refractivity contribution is 0.583. The highest BCUT2D eigenvalue weighted by Gasteiger charge is 2.17. The van der Waals surface area contributed by atoms with E-state index in [1.54, 1.807) is 0 Å². The van der Waals surface area contributed by atoms with Gasteiger partial charge in [-0.2, -0.15) is 0 Å². The summed E-state index contributed by atoms with van der Waals surface area (Å²) in [5.41, 5.74) is 6.29. The van der Waals surface area contributed by atoms with E-state index in [2.05, 4.69) is 62.3 Å². The molecule has 1 unspecified atom stereocenters. The molecule has 2 nitrogen and oxygen atoms in total. The lowest BCUT2D eigenvalue weighted by Crippen LogP contribution is -2.25. The molecule has 1 aromatic heterocycles. The molecule has 1 atom stereocenters. The van der Waals surface area contributed by atoms with E-state index in [0.29, 0.717) is 0 Å². The third-order valence-electron chi connectivity index (χ3n) is 3.58. The fraction of sp³-hybridized carbons (Fsp3) is 0.389. The van der Waals surface area contributed by atoms with Crippen molar-refractivity contribution in [3.05, 3.63) is 64.5 Å². The summed E-state index contributed by atoms with van der Waals surface area (Å²) in [6.45, 7) is 9.62. The Morgan fingerprint density at radius 2 is 1.80 bits per heavy atom. The van der Waals surface area contributed by atoms with Crippen LogP contribution in [0.25, 0.3) is 0 Å². The molecule has 1 N–H and O–H groups in total. The molecule has 0 aliphatic heterocycles. The van der Waals surface area contributed by atoms with Gasteiger partial charge in [-0.1, -0.05) is 30.7 Å². The summed E-state index contributed by atoms with van der Waals surface area (Å²) in [7, 11) is 0. The van der Waals surface area contributed by atoms with Crippen LogP contribution in [0.4, 0.5) is 0 Å². The number of pyridine rings is 1. The Bertz CT molecular complexity index is 575. The fourth-order valence-electron chi connectivity index (χ4n) is 2.45. The average molecular weight is 268 g/mol. The van der Waals surface area contributed by atoms with Gasteiger partial charge in [-0.25, -0.2) is 0 Å². The van der Waals surface area contributed by atoms with Crippen LogP contribution in [-0.2, 0) is 0 Å². The molecule has 2 aromatic rings. The van der Waals surface area contributed by atoms with Gasteiger partial charge in [0.2, 0.25) is 0 Å². The van der Waals surface area contributed by atoms with Crippen molar-refractivity contribution in [3.63, 3.8) is 0 Å². The Kier molecular flexibility index (Phi) is 4.91. The molecule has 0 spiro atoms. The van der Waals surface area contributed by atoms with Crippen LogP contribution in [0.2, 0.25) is 0 Å². The lowest BCUT2D eigenvalue weighted by Gasteiger charge is -2.21. The van der Waals surface area contributed by atoms with E-state index < -0.39 is 0 Å². The van der Waals surface area contributed by atoms with Crippen LogP contribution in [0.15, 0.2) is 36.5 Å². The molecule has 0 aliphatic carbocycles. The van der Waals surface area contributed by atoms with Crippen molar-refractivity contribution < 1.29 is 0 Å². The number of hydrogen-bond donors (Lipinski definition) is 1. The number of nitrogens with one attached hydrogen (secondary N) is 1. The van der Waals surface area contributed by atoms with Gasteiger partial charge >= 0.3 is 0 Å². The molecule has 0 saturated heterocycles. The summed E-state index contributed by atoms with van der Waals surface area (Å²) in [6.07, 6.45) is 3.02. The van der Waals surface area contributed by atoms with E-state index in [1.807, 2.05) is 12.3 Å². The molecule has 0 radical (unpaired) electrons. The van der Waals surface area contributed by atoms with E-state index in [9.17, 15) is 0 Å². The average Bonchev–Trinajstić information content (AvgIpc) is 2.43. The first kappa shape index (κ1) is 14.7. The standard InChI is InChI=1S/C18H24N2/c1-5-9-20-18(17-12-14(3)8-10-19-17)16-11-13(2)6-7-15(16)4/h6-8,10-12,18,20H,5,9H2,1-4H3. The molecule has 2 rings (SSSR count). The molecule has 0 saturated carbocycles. The molecule has 0 aliphatic rings. The second kappa shape index (κ2) is 6.67. The topological polar surface area (TPSA) is 24.9 Å². The summed E-state index contributed by atoms with van der Waals surface area (Å²) >= 11 is 0. The Labute approximate surface area is 122 Å². The number of nitrogens with zero attached hydrogens (tertiary/aromatic N) is 1. The molecule has 1 aromatic carbocycles. The summed E-state index contributed by atoms with van der Waals surface area (Å²) in [4.78, 5) is 4.58. The summed E-state index contributed by atoms with van der Waals surface area (Å²) in [5, 5.41) is 3.63. The molecule has 106 valence electrons. The fourth-order valence-corrected chi connectivity index (χ4v) is 2.45. The van der Waals surface area contributed by atoms with Crippen LogP contribution in [0.5, 0.6) is 0 Å². The number of rotatable bonds is 5. The second-order valence-electron chi connectivity index (χ2n) is 5.51. The number of benzene rings is 1. The van der Waals surface area contributed by atoms with Gasteiger partial charge in [0, 0.05) is 6.20 Å². The Balaban J connectivity index is 2.44. The smallest absolute Gasteiger partial charge is 0.0754 e. The van der Waals surface area contributed by atoms with Crippen LogP contribution >= 0.6 is 0 Å². The first-order valence-electron chi connectivity index (χ1n) is 7.35.